The number of carbonyl (C=O) groups is 2. The Morgan fingerprint density at radius 3 is 2.54 bits per heavy atom. The summed E-state index contributed by atoms with van der Waals surface area (Å²) in [6, 6.07) is 12.8. The third-order valence-electron chi connectivity index (χ3n) is 8.40. The maximum absolute atomic E-state index is 12.3. The van der Waals surface area contributed by atoms with Gasteiger partial charge in [0.25, 0.3) is 0 Å². The van der Waals surface area contributed by atoms with Crippen molar-refractivity contribution in [3.05, 3.63) is 64.0 Å². The molecule has 6 rings (SSSR count). The Hall–Kier alpha value is -3.43. The molecule has 8 nitrogen and oxygen atoms in total. The van der Waals surface area contributed by atoms with Gasteiger partial charge in [0, 0.05) is 68.6 Å². The van der Waals surface area contributed by atoms with Gasteiger partial charge in [0.15, 0.2) is 5.13 Å². The lowest BCUT2D eigenvalue weighted by Crippen LogP contribution is -2.48. The van der Waals surface area contributed by atoms with Gasteiger partial charge in [-0.2, -0.15) is 0 Å². The van der Waals surface area contributed by atoms with Crippen molar-refractivity contribution in [1.82, 2.24) is 14.8 Å². The minimum absolute atomic E-state index is 0.195. The van der Waals surface area contributed by atoms with Crippen LogP contribution in [-0.4, -0.2) is 71.0 Å². The smallest absolute Gasteiger partial charge is 0.303 e. The number of aromatic nitrogens is 1. The van der Waals surface area contributed by atoms with Crippen molar-refractivity contribution in [3.8, 4) is 17.0 Å². The second-order valence-electron chi connectivity index (χ2n) is 11.8. The highest BCUT2D eigenvalue weighted by Crippen LogP contribution is 2.37. The zero-order valence-corrected chi connectivity index (χ0v) is 24.7. The molecule has 41 heavy (non-hydrogen) atoms. The van der Waals surface area contributed by atoms with E-state index in [-0.39, 0.29) is 12.3 Å². The number of carbonyl (C=O) groups excluding carboxylic acids is 1. The minimum atomic E-state index is -0.739. The van der Waals surface area contributed by atoms with Crippen LogP contribution in [0.25, 0.3) is 11.3 Å². The molecule has 1 N–H and O–H groups in total. The maximum atomic E-state index is 12.3. The van der Waals surface area contributed by atoms with Gasteiger partial charge < -0.3 is 19.6 Å². The SMILES string of the molecule is Cc1ccc(OCc2ccc(CN3CCN(C(=O)C4CC4)CC3)cc2C)c(-c2csc(N3CC(CC(=O)O)C3)n2)c1. The Kier molecular flexibility index (Phi) is 7.99. The van der Waals surface area contributed by atoms with Crippen LogP contribution in [0.4, 0.5) is 5.13 Å². The van der Waals surface area contributed by atoms with Gasteiger partial charge in [0.05, 0.1) is 12.1 Å². The Labute approximate surface area is 245 Å². The number of carboxylic acids is 1. The van der Waals surface area contributed by atoms with E-state index in [0.29, 0.717) is 18.4 Å². The number of aryl methyl sites for hydroxylation is 2. The first-order chi connectivity index (χ1) is 19.8. The molecule has 1 aromatic heterocycles. The van der Waals surface area contributed by atoms with E-state index in [4.69, 9.17) is 14.8 Å². The van der Waals surface area contributed by atoms with E-state index in [1.165, 1.54) is 11.1 Å². The molecule has 0 spiro atoms. The summed E-state index contributed by atoms with van der Waals surface area (Å²) in [6.07, 6.45) is 2.36. The Balaban J connectivity index is 1.06. The van der Waals surface area contributed by atoms with Crippen LogP contribution in [0.1, 0.15) is 41.5 Å². The molecular weight excluding hydrogens is 536 g/mol. The first kappa shape index (κ1) is 27.7. The summed E-state index contributed by atoms with van der Waals surface area (Å²) in [7, 11) is 0. The number of thiazole rings is 1. The van der Waals surface area contributed by atoms with E-state index in [1.54, 1.807) is 11.3 Å². The lowest BCUT2D eigenvalue weighted by molar-refractivity contribution is -0.138. The summed E-state index contributed by atoms with van der Waals surface area (Å²) in [5, 5.41) is 12.0. The van der Waals surface area contributed by atoms with Crippen molar-refractivity contribution in [3.63, 3.8) is 0 Å². The number of amides is 1. The Bertz CT molecular complexity index is 1420. The summed E-state index contributed by atoms with van der Waals surface area (Å²) < 4.78 is 6.37. The van der Waals surface area contributed by atoms with Crippen molar-refractivity contribution in [2.24, 2.45) is 11.8 Å². The van der Waals surface area contributed by atoms with E-state index < -0.39 is 5.97 Å². The average molecular weight is 575 g/mol. The molecule has 2 saturated heterocycles. The standard InChI is InChI=1S/C32H38N4O4S/c1-21-3-8-29(27(13-21)28-20-41-32(33-28)36-17-24(18-36)15-30(37)38)40-19-26-5-4-23(14-22(26)2)16-34-9-11-35(12-10-34)31(39)25-6-7-25/h3-5,8,13-14,20,24-25H,6-7,9-12,15-19H2,1-2H3,(H,37,38). The fraction of sp³-hybridized carbons (Fsp3) is 0.469. The first-order valence-corrected chi connectivity index (χ1v) is 15.5. The zero-order chi connectivity index (χ0) is 28.5. The summed E-state index contributed by atoms with van der Waals surface area (Å²) >= 11 is 1.59. The molecule has 2 aromatic carbocycles. The number of hydrogen-bond acceptors (Lipinski definition) is 7. The monoisotopic (exact) mass is 574 g/mol. The predicted octanol–water partition coefficient (Wildman–Crippen LogP) is 4.97. The van der Waals surface area contributed by atoms with Crippen molar-refractivity contribution in [2.45, 2.75) is 46.3 Å². The van der Waals surface area contributed by atoms with E-state index in [0.717, 1.165) is 91.9 Å². The lowest BCUT2D eigenvalue weighted by atomic mass is 9.97. The van der Waals surface area contributed by atoms with Crippen LogP contribution < -0.4 is 9.64 Å². The van der Waals surface area contributed by atoms with Crippen molar-refractivity contribution in [1.29, 1.82) is 0 Å². The average Bonchev–Trinajstić information content (AvgIpc) is 3.67. The molecule has 3 heterocycles. The van der Waals surface area contributed by atoms with Crippen molar-refractivity contribution in [2.75, 3.05) is 44.2 Å². The second-order valence-corrected chi connectivity index (χ2v) is 12.6. The molecule has 1 amide bonds. The minimum Gasteiger partial charge on any atom is -0.488 e. The maximum Gasteiger partial charge on any atom is 0.303 e. The number of anilines is 1. The first-order valence-electron chi connectivity index (χ1n) is 14.6. The van der Waals surface area contributed by atoms with Gasteiger partial charge in [-0.15, -0.1) is 11.3 Å². The highest BCUT2D eigenvalue weighted by molar-refractivity contribution is 7.14. The molecule has 9 heteroatoms. The normalized spacial score (nSPS) is 17.9. The number of piperazine rings is 1. The number of benzene rings is 2. The zero-order valence-electron chi connectivity index (χ0n) is 23.8. The van der Waals surface area contributed by atoms with Crippen LogP contribution in [0.2, 0.25) is 0 Å². The van der Waals surface area contributed by atoms with Gasteiger partial charge in [-0.05, 0) is 55.5 Å². The van der Waals surface area contributed by atoms with E-state index >= 15 is 0 Å². The Morgan fingerprint density at radius 1 is 1.05 bits per heavy atom. The molecule has 1 aliphatic carbocycles. The largest absolute Gasteiger partial charge is 0.488 e. The molecule has 0 atom stereocenters. The number of nitrogens with zero attached hydrogens (tertiary/aromatic N) is 4. The second kappa shape index (κ2) is 11.8. The van der Waals surface area contributed by atoms with Gasteiger partial charge in [-0.25, -0.2) is 4.98 Å². The van der Waals surface area contributed by atoms with Gasteiger partial charge in [0.1, 0.15) is 12.4 Å². The number of carboxylic acid groups (broad SMARTS) is 1. The van der Waals surface area contributed by atoms with Crippen LogP contribution in [0, 0.1) is 25.7 Å². The molecule has 2 aliphatic heterocycles. The van der Waals surface area contributed by atoms with E-state index in [2.05, 4.69) is 59.4 Å². The molecule has 3 fully saturated rings. The van der Waals surface area contributed by atoms with Crippen molar-refractivity contribution < 1.29 is 19.4 Å². The molecule has 216 valence electrons. The number of ether oxygens (including phenoxy) is 1. The van der Waals surface area contributed by atoms with Crippen LogP contribution in [0.15, 0.2) is 41.8 Å². The van der Waals surface area contributed by atoms with Crippen LogP contribution in [0.5, 0.6) is 5.75 Å². The van der Waals surface area contributed by atoms with Crippen molar-refractivity contribution >= 4 is 28.3 Å². The van der Waals surface area contributed by atoms with Crippen LogP contribution in [0.3, 0.4) is 0 Å². The molecular formula is C32H38N4O4S. The third-order valence-corrected chi connectivity index (χ3v) is 9.30. The molecule has 1 saturated carbocycles. The molecule has 0 bridgehead atoms. The third kappa shape index (κ3) is 6.57. The fourth-order valence-electron chi connectivity index (χ4n) is 5.75. The molecule has 3 aromatic rings. The number of aliphatic carboxylic acids is 1. The van der Waals surface area contributed by atoms with E-state index in [1.807, 2.05) is 11.0 Å². The molecule has 0 unspecified atom stereocenters. The highest BCUT2D eigenvalue weighted by Gasteiger charge is 2.34. The van der Waals surface area contributed by atoms with Crippen LogP contribution >= 0.6 is 11.3 Å². The molecule has 0 radical (unpaired) electrons. The molecule has 3 aliphatic rings. The summed E-state index contributed by atoms with van der Waals surface area (Å²) in [6.45, 7) is 10.6. The van der Waals surface area contributed by atoms with Gasteiger partial charge >= 0.3 is 5.97 Å². The van der Waals surface area contributed by atoms with E-state index in [9.17, 15) is 9.59 Å². The number of rotatable bonds is 10. The van der Waals surface area contributed by atoms with Gasteiger partial charge in [0.2, 0.25) is 5.91 Å². The van der Waals surface area contributed by atoms with Gasteiger partial charge in [-0.1, -0.05) is 29.8 Å². The lowest BCUT2D eigenvalue weighted by Gasteiger charge is -2.38. The highest BCUT2D eigenvalue weighted by atomic mass is 32.1. The quantitative estimate of drug-likeness (QED) is 0.366. The van der Waals surface area contributed by atoms with Crippen LogP contribution in [-0.2, 0) is 22.7 Å². The summed E-state index contributed by atoms with van der Waals surface area (Å²) in [5.41, 5.74) is 6.66. The fourth-order valence-corrected chi connectivity index (χ4v) is 6.60. The van der Waals surface area contributed by atoms with Gasteiger partial charge in [-0.3, -0.25) is 14.5 Å². The Morgan fingerprint density at radius 2 is 1.83 bits per heavy atom. The summed E-state index contributed by atoms with van der Waals surface area (Å²) in [4.78, 5) is 34.8. The topological polar surface area (TPSA) is 86.2 Å². The number of hydrogen-bond donors (Lipinski definition) is 1. The predicted molar refractivity (Wildman–Crippen MR) is 160 cm³/mol. The summed E-state index contributed by atoms with van der Waals surface area (Å²) in [5.74, 6) is 0.928.